The Labute approximate surface area is 137 Å². The predicted octanol–water partition coefficient (Wildman–Crippen LogP) is 3.83. The highest BCUT2D eigenvalue weighted by Gasteiger charge is 2.14. The molecule has 0 heterocycles. The minimum atomic E-state index is 0.449. The average molecular weight is 358 g/mol. The fraction of sp³-hybridized carbons (Fsp3) is 0.647. The molecule has 3 nitrogen and oxygen atoms in total. The number of nitrogens with one attached hydrogen (secondary N) is 1. The molecule has 0 aliphatic carbocycles. The van der Waals surface area contributed by atoms with Crippen molar-refractivity contribution in [3.05, 3.63) is 34.3 Å². The van der Waals surface area contributed by atoms with Crippen LogP contribution in [0.3, 0.4) is 0 Å². The van der Waals surface area contributed by atoms with Crippen LogP contribution in [0.2, 0.25) is 0 Å². The monoisotopic (exact) mass is 357 g/mol. The lowest BCUT2D eigenvalue weighted by atomic mass is 9.96. The van der Waals surface area contributed by atoms with Gasteiger partial charge < -0.3 is 14.8 Å². The van der Waals surface area contributed by atoms with E-state index in [2.05, 4.69) is 59.4 Å². The van der Waals surface area contributed by atoms with E-state index in [0.29, 0.717) is 11.8 Å². The number of benzene rings is 1. The molecule has 1 N–H and O–H groups in total. The minimum absolute atomic E-state index is 0.449. The van der Waals surface area contributed by atoms with Gasteiger partial charge in [0.05, 0.1) is 6.61 Å². The van der Waals surface area contributed by atoms with Crippen molar-refractivity contribution in [2.45, 2.75) is 26.2 Å². The summed E-state index contributed by atoms with van der Waals surface area (Å²) < 4.78 is 12.0. The van der Waals surface area contributed by atoms with E-state index in [1.165, 1.54) is 10.0 Å². The Bertz CT molecular complexity index is 385. The van der Waals surface area contributed by atoms with Crippen molar-refractivity contribution >= 4 is 15.9 Å². The first-order valence-electron chi connectivity index (χ1n) is 7.67. The van der Waals surface area contributed by atoms with Gasteiger partial charge in [-0.1, -0.05) is 48.0 Å². The first-order valence-corrected chi connectivity index (χ1v) is 8.46. The van der Waals surface area contributed by atoms with Crippen molar-refractivity contribution in [2.24, 2.45) is 5.92 Å². The highest BCUT2D eigenvalue weighted by Crippen LogP contribution is 2.27. The van der Waals surface area contributed by atoms with Gasteiger partial charge in [-0.2, -0.15) is 0 Å². The van der Waals surface area contributed by atoms with Gasteiger partial charge in [0.2, 0.25) is 0 Å². The maximum atomic E-state index is 5.75. The SMILES string of the molecule is COCCNCC(CCOCC(C)C)c1ccccc1Br. The zero-order valence-electron chi connectivity index (χ0n) is 13.4. The number of rotatable bonds is 11. The fourth-order valence-electron chi connectivity index (χ4n) is 2.17. The van der Waals surface area contributed by atoms with Crippen LogP contribution in [-0.4, -0.2) is 40.0 Å². The third-order valence-electron chi connectivity index (χ3n) is 3.28. The van der Waals surface area contributed by atoms with E-state index in [0.717, 1.165) is 39.3 Å². The number of methoxy groups -OCH3 is 1. The van der Waals surface area contributed by atoms with Gasteiger partial charge in [0.1, 0.15) is 0 Å². The Kier molecular flexibility index (Phi) is 9.92. The molecule has 120 valence electrons. The smallest absolute Gasteiger partial charge is 0.0587 e. The van der Waals surface area contributed by atoms with Gasteiger partial charge >= 0.3 is 0 Å². The number of hydrogen-bond acceptors (Lipinski definition) is 3. The van der Waals surface area contributed by atoms with Gasteiger partial charge in [0, 0.05) is 37.9 Å². The Balaban J connectivity index is 2.51. The van der Waals surface area contributed by atoms with Crippen molar-refractivity contribution in [2.75, 3.05) is 40.0 Å². The van der Waals surface area contributed by atoms with E-state index in [1.54, 1.807) is 7.11 Å². The van der Waals surface area contributed by atoms with Gasteiger partial charge in [0.25, 0.3) is 0 Å². The first kappa shape index (κ1) is 18.6. The third kappa shape index (κ3) is 7.96. The van der Waals surface area contributed by atoms with Crippen LogP contribution in [0.5, 0.6) is 0 Å². The second-order valence-corrected chi connectivity index (χ2v) is 6.53. The molecule has 0 aliphatic heterocycles. The summed E-state index contributed by atoms with van der Waals surface area (Å²) in [7, 11) is 1.73. The summed E-state index contributed by atoms with van der Waals surface area (Å²) in [6.45, 7) is 8.55. The van der Waals surface area contributed by atoms with E-state index in [9.17, 15) is 0 Å². The molecule has 1 aromatic rings. The highest BCUT2D eigenvalue weighted by molar-refractivity contribution is 9.10. The molecule has 0 aliphatic rings. The molecule has 0 fully saturated rings. The molecule has 0 radical (unpaired) electrons. The van der Waals surface area contributed by atoms with Crippen molar-refractivity contribution in [3.63, 3.8) is 0 Å². The van der Waals surface area contributed by atoms with Crippen LogP contribution < -0.4 is 5.32 Å². The van der Waals surface area contributed by atoms with Crippen molar-refractivity contribution in [1.29, 1.82) is 0 Å². The number of halogens is 1. The molecule has 0 saturated carbocycles. The Morgan fingerprint density at radius 2 is 1.95 bits per heavy atom. The van der Waals surface area contributed by atoms with Crippen molar-refractivity contribution < 1.29 is 9.47 Å². The Morgan fingerprint density at radius 3 is 2.62 bits per heavy atom. The van der Waals surface area contributed by atoms with Crippen LogP contribution in [0.1, 0.15) is 31.7 Å². The van der Waals surface area contributed by atoms with Crippen molar-refractivity contribution in [1.82, 2.24) is 5.32 Å². The second-order valence-electron chi connectivity index (χ2n) is 5.67. The van der Waals surface area contributed by atoms with E-state index < -0.39 is 0 Å². The third-order valence-corrected chi connectivity index (χ3v) is 4.00. The molecule has 1 rings (SSSR count). The molecule has 21 heavy (non-hydrogen) atoms. The molecular formula is C17H28BrNO2. The lowest BCUT2D eigenvalue weighted by Crippen LogP contribution is -2.26. The summed E-state index contributed by atoms with van der Waals surface area (Å²) in [5.74, 6) is 1.04. The molecule has 1 unspecified atom stereocenters. The van der Waals surface area contributed by atoms with E-state index in [1.807, 2.05) is 0 Å². The van der Waals surface area contributed by atoms with E-state index >= 15 is 0 Å². The van der Waals surface area contributed by atoms with Crippen molar-refractivity contribution in [3.8, 4) is 0 Å². The fourth-order valence-corrected chi connectivity index (χ4v) is 2.78. The van der Waals surface area contributed by atoms with Crippen LogP contribution in [0, 0.1) is 5.92 Å². The van der Waals surface area contributed by atoms with Crippen LogP contribution >= 0.6 is 15.9 Å². The van der Waals surface area contributed by atoms with E-state index in [-0.39, 0.29) is 0 Å². The van der Waals surface area contributed by atoms with E-state index in [4.69, 9.17) is 9.47 Å². The molecule has 0 saturated heterocycles. The van der Waals surface area contributed by atoms with Crippen LogP contribution in [0.25, 0.3) is 0 Å². The van der Waals surface area contributed by atoms with Gasteiger partial charge in [-0.25, -0.2) is 0 Å². The highest BCUT2D eigenvalue weighted by atomic mass is 79.9. The first-order chi connectivity index (χ1) is 10.1. The maximum Gasteiger partial charge on any atom is 0.0587 e. The minimum Gasteiger partial charge on any atom is -0.383 e. The molecule has 1 aromatic carbocycles. The Morgan fingerprint density at radius 1 is 1.19 bits per heavy atom. The molecule has 0 spiro atoms. The molecule has 0 aromatic heterocycles. The molecule has 0 amide bonds. The molecule has 1 atom stereocenters. The summed E-state index contributed by atoms with van der Waals surface area (Å²) in [5.41, 5.74) is 1.34. The summed E-state index contributed by atoms with van der Waals surface area (Å²) in [6.07, 6.45) is 1.02. The van der Waals surface area contributed by atoms with Gasteiger partial charge in [-0.15, -0.1) is 0 Å². The summed E-state index contributed by atoms with van der Waals surface area (Å²) in [6, 6.07) is 8.44. The summed E-state index contributed by atoms with van der Waals surface area (Å²) >= 11 is 3.66. The second kappa shape index (κ2) is 11.2. The predicted molar refractivity (Wildman–Crippen MR) is 91.9 cm³/mol. The summed E-state index contributed by atoms with van der Waals surface area (Å²) in [5, 5.41) is 3.46. The topological polar surface area (TPSA) is 30.5 Å². The standard InChI is InChI=1S/C17H28BrNO2/c1-14(2)13-21-10-8-15(12-19-9-11-20-3)16-6-4-5-7-17(16)18/h4-7,14-15,19H,8-13H2,1-3H3. The number of hydrogen-bond donors (Lipinski definition) is 1. The lowest BCUT2D eigenvalue weighted by Gasteiger charge is -2.20. The van der Waals surface area contributed by atoms with Gasteiger partial charge in [-0.3, -0.25) is 0 Å². The van der Waals surface area contributed by atoms with Gasteiger partial charge in [0.15, 0.2) is 0 Å². The lowest BCUT2D eigenvalue weighted by molar-refractivity contribution is 0.103. The normalized spacial score (nSPS) is 12.8. The molecule has 4 heteroatoms. The maximum absolute atomic E-state index is 5.75. The largest absolute Gasteiger partial charge is 0.383 e. The van der Waals surface area contributed by atoms with Crippen LogP contribution in [0.4, 0.5) is 0 Å². The zero-order valence-corrected chi connectivity index (χ0v) is 15.0. The Hall–Kier alpha value is -0.420. The zero-order chi connectivity index (χ0) is 15.5. The van der Waals surface area contributed by atoms with Gasteiger partial charge in [-0.05, 0) is 29.9 Å². The quantitative estimate of drug-likeness (QED) is 0.610. The number of ether oxygens (including phenoxy) is 2. The average Bonchev–Trinajstić information content (AvgIpc) is 2.46. The summed E-state index contributed by atoms with van der Waals surface area (Å²) in [4.78, 5) is 0. The molecule has 0 bridgehead atoms. The van der Waals surface area contributed by atoms with Crippen LogP contribution in [0.15, 0.2) is 28.7 Å². The molecular weight excluding hydrogens is 330 g/mol. The van der Waals surface area contributed by atoms with Crippen LogP contribution in [-0.2, 0) is 9.47 Å².